The first-order valence-corrected chi connectivity index (χ1v) is 3.82. The Morgan fingerprint density at radius 2 is 1.75 bits per heavy atom. The van der Waals surface area contributed by atoms with Crippen LogP contribution in [0.5, 0.6) is 5.75 Å². The molecule has 0 aliphatic rings. The van der Waals surface area contributed by atoms with Gasteiger partial charge >= 0.3 is 0 Å². The number of hydrogen-bond acceptors (Lipinski definition) is 3. The van der Waals surface area contributed by atoms with Gasteiger partial charge in [0, 0.05) is 0 Å². The quantitative estimate of drug-likeness (QED) is 0.557. The first-order chi connectivity index (χ1) is 5.74. The van der Waals surface area contributed by atoms with Crippen LogP contribution in [0.3, 0.4) is 0 Å². The molecule has 0 aliphatic heterocycles. The smallest absolute Gasteiger partial charge is 0.168 e. The van der Waals surface area contributed by atoms with E-state index in [9.17, 15) is 0 Å². The minimum absolute atomic E-state index is 0.488. The number of benzene rings is 1. The Morgan fingerprint density at radius 1 is 1.17 bits per heavy atom. The lowest BCUT2D eigenvalue weighted by atomic mass is 10.0. The van der Waals surface area contributed by atoms with Crippen molar-refractivity contribution in [1.82, 2.24) is 0 Å². The summed E-state index contributed by atoms with van der Waals surface area (Å²) in [5.74, 6) is 0.982. The van der Waals surface area contributed by atoms with E-state index in [1.165, 1.54) is 5.56 Å². The Balaban J connectivity index is 2.71. The maximum Gasteiger partial charge on any atom is 0.168 e. The molecule has 0 unspecified atom stereocenters. The zero-order valence-electron chi connectivity index (χ0n) is 7.15. The summed E-state index contributed by atoms with van der Waals surface area (Å²) >= 11 is 0. The summed E-state index contributed by atoms with van der Waals surface area (Å²) in [6.45, 7) is 4.22. The van der Waals surface area contributed by atoms with Gasteiger partial charge in [-0.2, -0.15) is 0 Å². The molecule has 0 spiro atoms. The maximum absolute atomic E-state index is 7.98. The summed E-state index contributed by atoms with van der Waals surface area (Å²) in [4.78, 5) is 4.40. The minimum Gasteiger partial charge on any atom is -0.308 e. The highest BCUT2D eigenvalue weighted by molar-refractivity contribution is 5.28. The van der Waals surface area contributed by atoms with Gasteiger partial charge in [-0.25, -0.2) is 5.26 Å². The first kappa shape index (κ1) is 9.03. The van der Waals surface area contributed by atoms with E-state index in [4.69, 9.17) is 5.26 Å². The molecule has 0 heterocycles. The molecular formula is C9H12O3. The molecule has 1 rings (SSSR count). The summed E-state index contributed by atoms with van der Waals surface area (Å²) in [5, 5.41) is 11.5. The van der Waals surface area contributed by atoms with Gasteiger partial charge in [0.15, 0.2) is 5.75 Å². The van der Waals surface area contributed by atoms with Gasteiger partial charge in [-0.15, -0.1) is 0 Å². The molecule has 0 saturated carbocycles. The monoisotopic (exact) mass is 168 g/mol. The van der Waals surface area contributed by atoms with Crippen LogP contribution in [0.4, 0.5) is 0 Å². The summed E-state index contributed by atoms with van der Waals surface area (Å²) in [7, 11) is 0. The van der Waals surface area contributed by atoms with Crippen LogP contribution in [-0.2, 0) is 5.04 Å². The third-order valence-electron chi connectivity index (χ3n) is 1.68. The number of rotatable bonds is 3. The van der Waals surface area contributed by atoms with E-state index in [2.05, 4.69) is 23.8 Å². The average molecular weight is 168 g/mol. The van der Waals surface area contributed by atoms with Gasteiger partial charge in [0.2, 0.25) is 0 Å². The van der Waals surface area contributed by atoms with E-state index >= 15 is 0 Å². The zero-order chi connectivity index (χ0) is 8.97. The molecule has 0 fully saturated rings. The van der Waals surface area contributed by atoms with Gasteiger partial charge in [0.1, 0.15) is 0 Å². The predicted octanol–water partition coefficient (Wildman–Crippen LogP) is 2.59. The molecule has 66 valence electrons. The molecule has 0 atom stereocenters. The summed E-state index contributed by atoms with van der Waals surface area (Å²) in [6, 6.07) is 7.34. The molecule has 1 aromatic carbocycles. The molecule has 1 N–H and O–H groups in total. The fraction of sp³-hybridized carbons (Fsp3) is 0.333. The van der Waals surface area contributed by atoms with Crippen LogP contribution >= 0.6 is 0 Å². The topological polar surface area (TPSA) is 38.7 Å². The van der Waals surface area contributed by atoms with Gasteiger partial charge in [-0.05, 0) is 28.7 Å². The molecule has 1 aromatic rings. The van der Waals surface area contributed by atoms with Crippen molar-refractivity contribution in [3.05, 3.63) is 29.8 Å². The summed E-state index contributed by atoms with van der Waals surface area (Å²) in [5.41, 5.74) is 1.22. The van der Waals surface area contributed by atoms with E-state index < -0.39 is 0 Å². The zero-order valence-corrected chi connectivity index (χ0v) is 7.15. The molecule has 0 aliphatic carbocycles. The van der Waals surface area contributed by atoms with Crippen LogP contribution in [-0.4, -0.2) is 5.26 Å². The third kappa shape index (κ3) is 2.22. The Kier molecular flexibility index (Phi) is 3.08. The Bertz CT molecular complexity index is 228. The molecule has 0 amide bonds. The minimum atomic E-state index is 0.488. The van der Waals surface area contributed by atoms with Crippen LogP contribution < -0.4 is 4.89 Å². The molecular weight excluding hydrogens is 156 g/mol. The van der Waals surface area contributed by atoms with Crippen molar-refractivity contribution in [3.63, 3.8) is 0 Å². The highest BCUT2D eigenvalue weighted by atomic mass is 17.5. The van der Waals surface area contributed by atoms with E-state index in [0.717, 1.165) is 0 Å². The molecule has 12 heavy (non-hydrogen) atoms. The third-order valence-corrected chi connectivity index (χ3v) is 1.68. The van der Waals surface area contributed by atoms with Crippen LogP contribution in [0.15, 0.2) is 24.3 Å². The van der Waals surface area contributed by atoms with Crippen LogP contribution in [0.1, 0.15) is 25.3 Å². The maximum atomic E-state index is 7.98. The van der Waals surface area contributed by atoms with E-state index in [-0.39, 0.29) is 0 Å². The Labute approximate surface area is 71.4 Å². The van der Waals surface area contributed by atoms with Gasteiger partial charge in [0.25, 0.3) is 0 Å². The second-order valence-electron chi connectivity index (χ2n) is 2.88. The van der Waals surface area contributed by atoms with E-state index in [1.54, 1.807) is 12.1 Å². The molecule has 3 heteroatoms. The average Bonchev–Trinajstić information content (AvgIpc) is 2.06. The SMILES string of the molecule is CC(C)c1ccc(OOO)cc1. The van der Waals surface area contributed by atoms with Crippen molar-refractivity contribution in [2.24, 2.45) is 0 Å². The standard InChI is InChI=1S/C9H12O3/c1-7(2)8-3-5-9(6-4-8)11-12-10/h3-7,10H,1-2H3. The second-order valence-corrected chi connectivity index (χ2v) is 2.88. The molecule has 0 bridgehead atoms. The lowest BCUT2D eigenvalue weighted by Crippen LogP contribution is -1.92. The van der Waals surface area contributed by atoms with Crippen molar-refractivity contribution in [1.29, 1.82) is 0 Å². The summed E-state index contributed by atoms with van der Waals surface area (Å²) in [6.07, 6.45) is 0. The molecule has 0 aromatic heterocycles. The van der Waals surface area contributed by atoms with Crippen LogP contribution in [0, 0.1) is 0 Å². The second kappa shape index (κ2) is 4.09. The fourth-order valence-electron chi connectivity index (χ4n) is 0.951. The van der Waals surface area contributed by atoms with Crippen LogP contribution in [0.2, 0.25) is 0 Å². The molecule has 0 radical (unpaired) electrons. The highest BCUT2D eigenvalue weighted by Gasteiger charge is 1.99. The largest absolute Gasteiger partial charge is 0.308 e. The van der Waals surface area contributed by atoms with Crippen molar-refractivity contribution in [2.45, 2.75) is 19.8 Å². The number of hydrogen-bond donors (Lipinski definition) is 1. The van der Waals surface area contributed by atoms with Gasteiger partial charge in [-0.3, -0.25) is 0 Å². The van der Waals surface area contributed by atoms with E-state index in [0.29, 0.717) is 11.7 Å². The molecule has 0 saturated heterocycles. The van der Waals surface area contributed by atoms with Crippen molar-refractivity contribution in [2.75, 3.05) is 0 Å². The predicted molar refractivity (Wildman–Crippen MR) is 44.9 cm³/mol. The van der Waals surface area contributed by atoms with Crippen molar-refractivity contribution in [3.8, 4) is 5.75 Å². The lowest BCUT2D eigenvalue weighted by Gasteiger charge is -2.04. The van der Waals surface area contributed by atoms with Crippen molar-refractivity contribution >= 4 is 0 Å². The van der Waals surface area contributed by atoms with Crippen LogP contribution in [0.25, 0.3) is 0 Å². The lowest BCUT2D eigenvalue weighted by molar-refractivity contribution is -0.438. The molecule has 3 nitrogen and oxygen atoms in total. The highest BCUT2D eigenvalue weighted by Crippen LogP contribution is 2.18. The van der Waals surface area contributed by atoms with Crippen molar-refractivity contribution < 1.29 is 15.2 Å². The van der Waals surface area contributed by atoms with Gasteiger partial charge < -0.3 is 4.89 Å². The van der Waals surface area contributed by atoms with Gasteiger partial charge in [0.05, 0.1) is 0 Å². The normalized spacial score (nSPS) is 10.3. The fourth-order valence-corrected chi connectivity index (χ4v) is 0.951. The summed E-state index contributed by atoms with van der Waals surface area (Å²) < 4.78 is 0. The van der Waals surface area contributed by atoms with Gasteiger partial charge in [-0.1, -0.05) is 26.0 Å². The van der Waals surface area contributed by atoms with E-state index in [1.807, 2.05) is 12.1 Å². The Morgan fingerprint density at radius 3 is 2.17 bits per heavy atom. The Hall–Kier alpha value is -1.06. The first-order valence-electron chi connectivity index (χ1n) is 3.82.